The predicted octanol–water partition coefficient (Wildman–Crippen LogP) is 1.19. The van der Waals surface area contributed by atoms with E-state index in [-0.39, 0.29) is 17.9 Å². The van der Waals surface area contributed by atoms with Gasteiger partial charge in [-0.3, -0.25) is 9.59 Å². The Kier molecular flexibility index (Phi) is 5.51. The highest BCUT2D eigenvalue weighted by Gasteiger charge is 2.30. The molecule has 0 aliphatic carbocycles. The van der Waals surface area contributed by atoms with Crippen LogP contribution < -0.4 is 16.4 Å². The quantitative estimate of drug-likeness (QED) is 0.761. The smallest absolute Gasteiger partial charge is 0.253 e. The van der Waals surface area contributed by atoms with Crippen molar-refractivity contribution in [2.75, 3.05) is 18.4 Å². The molecule has 1 aliphatic heterocycles. The second-order valence-electron chi connectivity index (χ2n) is 5.44. The van der Waals surface area contributed by atoms with Crippen molar-refractivity contribution in [3.05, 3.63) is 29.3 Å². The van der Waals surface area contributed by atoms with E-state index in [2.05, 4.69) is 10.6 Å². The zero-order valence-electron chi connectivity index (χ0n) is 13.0. The van der Waals surface area contributed by atoms with E-state index in [9.17, 15) is 9.59 Å². The number of hydrogen-bond donors (Lipinski definition) is 3. The Balaban J connectivity index is 2.01. The van der Waals surface area contributed by atoms with Crippen molar-refractivity contribution in [1.29, 1.82) is 0 Å². The molecule has 1 saturated heterocycles. The van der Waals surface area contributed by atoms with Gasteiger partial charge >= 0.3 is 0 Å². The number of hydrogen-bond acceptors (Lipinski definition) is 4. The number of amides is 2. The number of rotatable bonds is 5. The van der Waals surface area contributed by atoms with E-state index >= 15 is 0 Å². The molecule has 6 heteroatoms. The van der Waals surface area contributed by atoms with E-state index < -0.39 is 6.10 Å². The first-order valence-corrected chi connectivity index (χ1v) is 7.60. The van der Waals surface area contributed by atoms with Crippen molar-refractivity contribution in [3.63, 3.8) is 0 Å². The predicted molar refractivity (Wildman–Crippen MR) is 84.8 cm³/mol. The monoisotopic (exact) mass is 305 g/mol. The van der Waals surface area contributed by atoms with Crippen LogP contribution in [-0.2, 0) is 9.53 Å². The fraction of sp³-hybridized carbons (Fsp3) is 0.500. The summed E-state index contributed by atoms with van der Waals surface area (Å²) in [7, 11) is 0. The molecule has 1 aromatic rings. The number of ether oxygens (including phenoxy) is 1. The van der Waals surface area contributed by atoms with Gasteiger partial charge < -0.3 is 21.1 Å². The standard InChI is InChI=1S/C16H23N3O3/c1-3-18-15(20)11-4-6-13(10(2)8-11)19-16(21)14-7-5-12(9-17)22-14/h4,6,8,12,14H,3,5,7,9,17H2,1-2H3,(H,18,20)(H,19,21)/t12-,14+/m1/s1. The summed E-state index contributed by atoms with van der Waals surface area (Å²) in [5.74, 6) is -0.279. The van der Waals surface area contributed by atoms with E-state index in [1.165, 1.54) is 0 Å². The van der Waals surface area contributed by atoms with Crippen LogP contribution in [0.4, 0.5) is 5.69 Å². The lowest BCUT2D eigenvalue weighted by Crippen LogP contribution is -2.30. The molecule has 2 atom stereocenters. The Morgan fingerprint density at radius 2 is 2.14 bits per heavy atom. The first-order valence-electron chi connectivity index (χ1n) is 7.60. The molecule has 0 bridgehead atoms. The van der Waals surface area contributed by atoms with Crippen LogP contribution in [0.5, 0.6) is 0 Å². The first kappa shape index (κ1) is 16.5. The summed E-state index contributed by atoms with van der Waals surface area (Å²) in [5.41, 5.74) is 7.66. The van der Waals surface area contributed by atoms with Gasteiger partial charge in [0.15, 0.2) is 0 Å². The van der Waals surface area contributed by atoms with Crippen molar-refractivity contribution < 1.29 is 14.3 Å². The minimum absolute atomic E-state index is 0.0306. The van der Waals surface area contributed by atoms with Crippen LogP contribution in [0.3, 0.4) is 0 Å². The number of nitrogens with one attached hydrogen (secondary N) is 2. The molecular formula is C16H23N3O3. The molecule has 22 heavy (non-hydrogen) atoms. The van der Waals surface area contributed by atoms with Crippen LogP contribution in [0, 0.1) is 6.92 Å². The van der Waals surface area contributed by atoms with Crippen molar-refractivity contribution in [2.24, 2.45) is 5.73 Å². The molecule has 1 aromatic carbocycles. The molecule has 0 spiro atoms. The van der Waals surface area contributed by atoms with Crippen LogP contribution in [0.15, 0.2) is 18.2 Å². The SMILES string of the molecule is CCNC(=O)c1ccc(NC(=O)[C@@H]2CC[C@H](CN)O2)c(C)c1. The maximum Gasteiger partial charge on any atom is 0.253 e. The maximum absolute atomic E-state index is 12.2. The molecule has 4 N–H and O–H groups in total. The molecule has 0 unspecified atom stereocenters. The minimum Gasteiger partial charge on any atom is -0.364 e. The van der Waals surface area contributed by atoms with Gasteiger partial charge in [-0.1, -0.05) is 0 Å². The lowest BCUT2D eigenvalue weighted by Gasteiger charge is -2.14. The molecule has 0 radical (unpaired) electrons. The summed E-state index contributed by atoms with van der Waals surface area (Å²) < 4.78 is 5.58. The Hall–Kier alpha value is -1.92. The lowest BCUT2D eigenvalue weighted by molar-refractivity contribution is -0.126. The van der Waals surface area contributed by atoms with Crippen molar-refractivity contribution in [2.45, 2.75) is 38.9 Å². The van der Waals surface area contributed by atoms with Crippen molar-refractivity contribution in [3.8, 4) is 0 Å². The van der Waals surface area contributed by atoms with E-state index in [0.717, 1.165) is 12.0 Å². The highest BCUT2D eigenvalue weighted by atomic mass is 16.5. The van der Waals surface area contributed by atoms with Crippen LogP contribution in [0.2, 0.25) is 0 Å². The third-order valence-electron chi connectivity index (χ3n) is 3.75. The molecule has 0 saturated carbocycles. The largest absolute Gasteiger partial charge is 0.364 e. The van der Waals surface area contributed by atoms with Crippen molar-refractivity contribution >= 4 is 17.5 Å². The van der Waals surface area contributed by atoms with Crippen LogP contribution in [0.25, 0.3) is 0 Å². The summed E-state index contributed by atoms with van der Waals surface area (Å²) >= 11 is 0. The number of anilines is 1. The Labute approximate surface area is 130 Å². The van der Waals surface area contributed by atoms with E-state index in [1.807, 2.05) is 13.8 Å². The minimum atomic E-state index is -0.448. The van der Waals surface area contributed by atoms with E-state index in [0.29, 0.717) is 30.8 Å². The van der Waals surface area contributed by atoms with Gasteiger partial charge in [-0.25, -0.2) is 0 Å². The highest BCUT2D eigenvalue weighted by Crippen LogP contribution is 2.22. The summed E-state index contributed by atoms with van der Waals surface area (Å²) in [4.78, 5) is 24.0. The number of carbonyl (C=O) groups excluding carboxylic acids is 2. The molecule has 2 amide bonds. The van der Waals surface area contributed by atoms with Gasteiger partial charge in [0.1, 0.15) is 6.10 Å². The van der Waals surface area contributed by atoms with Gasteiger partial charge in [-0.15, -0.1) is 0 Å². The summed E-state index contributed by atoms with van der Waals surface area (Å²) in [6.07, 6.45) is 1.01. The first-order chi connectivity index (χ1) is 10.5. The number of aryl methyl sites for hydroxylation is 1. The number of nitrogens with two attached hydrogens (primary N) is 1. The molecule has 1 fully saturated rings. The molecule has 120 valence electrons. The maximum atomic E-state index is 12.2. The second kappa shape index (κ2) is 7.38. The Morgan fingerprint density at radius 1 is 1.36 bits per heavy atom. The average Bonchev–Trinajstić information content (AvgIpc) is 2.98. The van der Waals surface area contributed by atoms with Crippen LogP contribution >= 0.6 is 0 Å². The normalized spacial score (nSPS) is 20.7. The summed E-state index contributed by atoms with van der Waals surface area (Å²) in [6, 6.07) is 5.21. The topological polar surface area (TPSA) is 93.5 Å². The van der Waals surface area contributed by atoms with E-state index in [1.54, 1.807) is 18.2 Å². The molecule has 1 heterocycles. The number of benzene rings is 1. The molecule has 6 nitrogen and oxygen atoms in total. The summed E-state index contributed by atoms with van der Waals surface area (Å²) in [5, 5.41) is 5.61. The molecule has 2 rings (SSSR count). The summed E-state index contributed by atoms with van der Waals surface area (Å²) in [6.45, 7) is 4.74. The lowest BCUT2D eigenvalue weighted by atomic mass is 10.1. The molecular weight excluding hydrogens is 282 g/mol. The number of carbonyl (C=O) groups is 2. The van der Waals surface area contributed by atoms with Gasteiger partial charge in [-0.05, 0) is 50.5 Å². The molecule has 0 aromatic heterocycles. The van der Waals surface area contributed by atoms with Crippen LogP contribution in [-0.4, -0.2) is 37.1 Å². The Bertz CT molecular complexity index is 560. The van der Waals surface area contributed by atoms with E-state index in [4.69, 9.17) is 10.5 Å². The highest BCUT2D eigenvalue weighted by molar-refractivity contribution is 5.97. The van der Waals surface area contributed by atoms with Gasteiger partial charge in [-0.2, -0.15) is 0 Å². The van der Waals surface area contributed by atoms with Gasteiger partial charge in [0.05, 0.1) is 6.10 Å². The van der Waals surface area contributed by atoms with Gasteiger partial charge in [0.2, 0.25) is 0 Å². The fourth-order valence-corrected chi connectivity index (χ4v) is 2.49. The van der Waals surface area contributed by atoms with Crippen molar-refractivity contribution in [1.82, 2.24) is 5.32 Å². The zero-order valence-corrected chi connectivity index (χ0v) is 13.0. The second-order valence-corrected chi connectivity index (χ2v) is 5.44. The fourth-order valence-electron chi connectivity index (χ4n) is 2.49. The zero-order chi connectivity index (χ0) is 16.1. The molecule has 1 aliphatic rings. The van der Waals surface area contributed by atoms with Crippen LogP contribution in [0.1, 0.15) is 35.7 Å². The third kappa shape index (κ3) is 3.84. The Morgan fingerprint density at radius 3 is 2.73 bits per heavy atom. The average molecular weight is 305 g/mol. The van der Waals surface area contributed by atoms with Gasteiger partial charge in [0.25, 0.3) is 11.8 Å². The van der Waals surface area contributed by atoms with Gasteiger partial charge in [0, 0.05) is 24.3 Å². The third-order valence-corrected chi connectivity index (χ3v) is 3.75.